The fourth-order valence-corrected chi connectivity index (χ4v) is 2.68. The first-order chi connectivity index (χ1) is 8.70. The van der Waals surface area contributed by atoms with E-state index in [4.69, 9.17) is 0 Å². The van der Waals surface area contributed by atoms with Crippen molar-refractivity contribution in [3.05, 3.63) is 34.3 Å². The van der Waals surface area contributed by atoms with Gasteiger partial charge in [0.15, 0.2) is 0 Å². The van der Waals surface area contributed by atoms with Crippen molar-refractivity contribution in [2.24, 2.45) is 0 Å². The number of thiazole rings is 1. The van der Waals surface area contributed by atoms with Gasteiger partial charge in [0.25, 0.3) is 0 Å². The second-order valence-corrected chi connectivity index (χ2v) is 5.36. The number of hydrogen-bond donors (Lipinski definition) is 1. The minimum atomic E-state index is 0.274. The quantitative estimate of drug-likeness (QED) is 0.872. The lowest BCUT2D eigenvalue weighted by atomic mass is 10.3. The molecule has 0 aliphatic heterocycles. The van der Waals surface area contributed by atoms with Crippen molar-refractivity contribution in [1.29, 1.82) is 0 Å². The summed E-state index contributed by atoms with van der Waals surface area (Å²) in [5.41, 5.74) is 1.09. The van der Waals surface area contributed by atoms with Crippen molar-refractivity contribution in [2.75, 3.05) is 0 Å². The summed E-state index contributed by atoms with van der Waals surface area (Å²) in [6.45, 7) is 8.17. The van der Waals surface area contributed by atoms with Gasteiger partial charge in [-0.3, -0.25) is 0 Å². The first-order valence-electron chi connectivity index (χ1n) is 6.36. The molecule has 2 aromatic rings. The topological polar surface area (TPSA) is 42.7 Å². The predicted octanol–water partition coefficient (Wildman–Crippen LogP) is 2.91. The molecule has 4 nitrogen and oxygen atoms in total. The van der Waals surface area contributed by atoms with E-state index in [1.54, 1.807) is 11.3 Å². The lowest BCUT2D eigenvalue weighted by Gasteiger charge is -2.12. The third-order valence-electron chi connectivity index (χ3n) is 2.84. The van der Waals surface area contributed by atoms with E-state index in [-0.39, 0.29) is 6.04 Å². The molecule has 1 atom stereocenters. The molecule has 18 heavy (non-hydrogen) atoms. The van der Waals surface area contributed by atoms with Crippen LogP contribution in [0.5, 0.6) is 0 Å². The van der Waals surface area contributed by atoms with Gasteiger partial charge in [-0.1, -0.05) is 6.92 Å². The molecule has 0 fully saturated rings. The Morgan fingerprint density at radius 3 is 3.00 bits per heavy atom. The molecule has 0 bridgehead atoms. The number of imidazole rings is 1. The van der Waals surface area contributed by atoms with E-state index in [0.29, 0.717) is 0 Å². The summed E-state index contributed by atoms with van der Waals surface area (Å²) in [5, 5.41) is 6.71. The summed E-state index contributed by atoms with van der Waals surface area (Å²) in [6, 6.07) is 0.274. The third-order valence-corrected chi connectivity index (χ3v) is 3.99. The van der Waals surface area contributed by atoms with E-state index in [0.717, 1.165) is 36.0 Å². The summed E-state index contributed by atoms with van der Waals surface area (Å²) in [6.07, 6.45) is 5.04. The van der Waals surface area contributed by atoms with Crippen LogP contribution in [0.25, 0.3) is 0 Å². The smallest absolute Gasteiger partial charge is 0.122 e. The molecular weight excluding hydrogens is 244 g/mol. The van der Waals surface area contributed by atoms with Crippen molar-refractivity contribution >= 4 is 11.3 Å². The molecule has 0 aliphatic carbocycles. The standard InChI is InChI=1S/C13H20N4S/c1-4-6-17-7-5-14-12(17)8-15-11(3)13-16-10(2)9-18-13/h5,7,9,11,15H,4,6,8H2,1-3H3. The normalized spacial score (nSPS) is 12.8. The molecule has 2 rings (SSSR count). The maximum absolute atomic E-state index is 4.50. The van der Waals surface area contributed by atoms with Gasteiger partial charge in [0, 0.05) is 30.0 Å². The van der Waals surface area contributed by atoms with Gasteiger partial charge in [0.1, 0.15) is 10.8 Å². The van der Waals surface area contributed by atoms with Crippen LogP contribution in [0.15, 0.2) is 17.8 Å². The Morgan fingerprint density at radius 1 is 1.50 bits per heavy atom. The highest BCUT2D eigenvalue weighted by Crippen LogP contribution is 2.17. The molecule has 0 saturated heterocycles. The van der Waals surface area contributed by atoms with Crippen molar-refractivity contribution in [3.63, 3.8) is 0 Å². The molecule has 0 aromatic carbocycles. The van der Waals surface area contributed by atoms with Crippen LogP contribution in [0.4, 0.5) is 0 Å². The van der Waals surface area contributed by atoms with Gasteiger partial charge in [-0.2, -0.15) is 0 Å². The molecule has 98 valence electrons. The SMILES string of the molecule is CCCn1ccnc1CNC(C)c1nc(C)cs1. The zero-order chi connectivity index (χ0) is 13.0. The van der Waals surface area contributed by atoms with Crippen molar-refractivity contribution in [1.82, 2.24) is 19.9 Å². The Morgan fingerprint density at radius 2 is 2.33 bits per heavy atom. The lowest BCUT2D eigenvalue weighted by molar-refractivity contribution is 0.530. The Labute approximate surface area is 112 Å². The predicted molar refractivity (Wildman–Crippen MR) is 74.6 cm³/mol. The van der Waals surface area contributed by atoms with E-state index < -0.39 is 0 Å². The summed E-state index contributed by atoms with van der Waals surface area (Å²) < 4.78 is 2.20. The van der Waals surface area contributed by atoms with Crippen LogP contribution in [0.2, 0.25) is 0 Å². The molecule has 5 heteroatoms. The van der Waals surface area contributed by atoms with E-state index in [1.165, 1.54) is 0 Å². The molecule has 2 aromatic heterocycles. The Bertz CT molecular complexity index is 489. The third kappa shape index (κ3) is 3.17. The molecule has 0 aliphatic rings. The molecule has 0 spiro atoms. The Hall–Kier alpha value is -1.20. The highest BCUT2D eigenvalue weighted by Gasteiger charge is 2.10. The van der Waals surface area contributed by atoms with E-state index in [9.17, 15) is 0 Å². The molecule has 0 radical (unpaired) electrons. The number of rotatable bonds is 6. The van der Waals surface area contributed by atoms with Crippen LogP contribution in [0, 0.1) is 6.92 Å². The van der Waals surface area contributed by atoms with Gasteiger partial charge in [-0.15, -0.1) is 11.3 Å². The first kappa shape index (κ1) is 13.2. The van der Waals surface area contributed by atoms with Gasteiger partial charge in [0.05, 0.1) is 12.6 Å². The van der Waals surface area contributed by atoms with Gasteiger partial charge in [-0.25, -0.2) is 9.97 Å². The number of aromatic nitrogens is 3. The Balaban J connectivity index is 1.92. The molecule has 1 N–H and O–H groups in total. The molecule has 1 unspecified atom stereocenters. The highest BCUT2D eigenvalue weighted by atomic mass is 32.1. The second-order valence-electron chi connectivity index (χ2n) is 4.47. The fraction of sp³-hybridized carbons (Fsp3) is 0.538. The van der Waals surface area contributed by atoms with Crippen LogP contribution in [0.3, 0.4) is 0 Å². The first-order valence-corrected chi connectivity index (χ1v) is 7.24. The van der Waals surface area contributed by atoms with Crippen LogP contribution >= 0.6 is 11.3 Å². The van der Waals surface area contributed by atoms with Crippen LogP contribution in [-0.4, -0.2) is 14.5 Å². The molecule has 2 heterocycles. The van der Waals surface area contributed by atoms with Crippen molar-refractivity contribution in [3.8, 4) is 0 Å². The van der Waals surface area contributed by atoms with Crippen molar-refractivity contribution in [2.45, 2.75) is 46.3 Å². The Kier molecular flexibility index (Phi) is 4.49. The second kappa shape index (κ2) is 6.11. The van der Waals surface area contributed by atoms with E-state index >= 15 is 0 Å². The van der Waals surface area contributed by atoms with Crippen LogP contribution in [-0.2, 0) is 13.1 Å². The summed E-state index contributed by atoms with van der Waals surface area (Å²) >= 11 is 1.71. The largest absolute Gasteiger partial charge is 0.334 e. The number of nitrogens with one attached hydrogen (secondary N) is 1. The molecule has 0 amide bonds. The summed E-state index contributed by atoms with van der Waals surface area (Å²) in [7, 11) is 0. The molecule has 0 saturated carbocycles. The van der Waals surface area contributed by atoms with E-state index in [2.05, 4.69) is 39.1 Å². The number of aryl methyl sites for hydroxylation is 2. The van der Waals surface area contributed by atoms with Crippen LogP contribution in [0.1, 0.15) is 42.8 Å². The van der Waals surface area contributed by atoms with Gasteiger partial charge in [0.2, 0.25) is 0 Å². The van der Waals surface area contributed by atoms with Crippen molar-refractivity contribution < 1.29 is 0 Å². The van der Waals surface area contributed by atoms with Gasteiger partial charge in [-0.05, 0) is 20.3 Å². The van der Waals surface area contributed by atoms with E-state index in [1.807, 2.05) is 19.3 Å². The zero-order valence-electron chi connectivity index (χ0n) is 11.2. The minimum Gasteiger partial charge on any atom is -0.334 e. The fourth-order valence-electron chi connectivity index (χ4n) is 1.85. The number of hydrogen-bond acceptors (Lipinski definition) is 4. The summed E-state index contributed by atoms with van der Waals surface area (Å²) in [4.78, 5) is 8.89. The number of nitrogens with zero attached hydrogens (tertiary/aromatic N) is 3. The van der Waals surface area contributed by atoms with Crippen LogP contribution < -0.4 is 5.32 Å². The average Bonchev–Trinajstić information content (AvgIpc) is 2.96. The highest BCUT2D eigenvalue weighted by molar-refractivity contribution is 7.09. The maximum Gasteiger partial charge on any atom is 0.122 e. The lowest BCUT2D eigenvalue weighted by Crippen LogP contribution is -2.20. The zero-order valence-corrected chi connectivity index (χ0v) is 12.0. The molecular formula is C13H20N4S. The summed E-state index contributed by atoms with van der Waals surface area (Å²) in [5.74, 6) is 1.09. The van der Waals surface area contributed by atoms with Gasteiger partial charge >= 0.3 is 0 Å². The average molecular weight is 264 g/mol. The van der Waals surface area contributed by atoms with Gasteiger partial charge < -0.3 is 9.88 Å². The monoisotopic (exact) mass is 264 g/mol. The minimum absolute atomic E-state index is 0.274. The maximum atomic E-state index is 4.50.